The summed E-state index contributed by atoms with van der Waals surface area (Å²) in [5.74, 6) is 0.114. The van der Waals surface area contributed by atoms with Gasteiger partial charge in [-0.15, -0.1) is 5.10 Å². The molecule has 10 heteroatoms. The van der Waals surface area contributed by atoms with Crippen molar-refractivity contribution in [3.05, 3.63) is 65.4 Å². The molecule has 0 unspecified atom stereocenters. The van der Waals surface area contributed by atoms with Crippen LogP contribution in [-0.2, 0) is 9.53 Å². The molecular weight excluding hydrogens is 432 g/mol. The Morgan fingerprint density at radius 3 is 2.31 bits per heavy atom. The Labute approximate surface area is 189 Å². The van der Waals surface area contributed by atoms with E-state index in [2.05, 4.69) is 5.32 Å². The fourth-order valence-electron chi connectivity index (χ4n) is 3.83. The molecule has 0 aliphatic carbocycles. The molecule has 1 fully saturated rings. The zero-order valence-corrected chi connectivity index (χ0v) is 18.1. The molecule has 1 saturated heterocycles. The monoisotopic (exact) mass is 456 g/mol. The molecule has 9 nitrogen and oxygen atoms in total. The molecule has 5 atom stereocenters. The van der Waals surface area contributed by atoms with Crippen LogP contribution in [0.4, 0.5) is 0 Å². The highest BCUT2D eigenvalue weighted by Crippen LogP contribution is 2.31. The van der Waals surface area contributed by atoms with Crippen LogP contribution in [0.2, 0.25) is 0 Å². The fourth-order valence-corrected chi connectivity index (χ4v) is 4.17. The van der Waals surface area contributed by atoms with Gasteiger partial charge in [-0.05, 0) is 24.4 Å². The van der Waals surface area contributed by atoms with E-state index in [0.717, 1.165) is 11.3 Å². The lowest BCUT2D eigenvalue weighted by Gasteiger charge is -2.42. The summed E-state index contributed by atoms with van der Waals surface area (Å²) in [6.45, 7) is 0.769. The van der Waals surface area contributed by atoms with Crippen LogP contribution in [0.5, 0.6) is 0 Å². The summed E-state index contributed by atoms with van der Waals surface area (Å²) in [7, 11) is 0. The Bertz CT molecular complexity index is 1130. The molecule has 1 aliphatic rings. The van der Waals surface area contributed by atoms with E-state index < -0.39 is 43.1 Å². The van der Waals surface area contributed by atoms with Gasteiger partial charge < -0.3 is 25.4 Å². The molecule has 1 amide bonds. The van der Waals surface area contributed by atoms with Gasteiger partial charge in [-0.25, -0.2) is 4.68 Å². The van der Waals surface area contributed by atoms with Crippen LogP contribution in [0.15, 0.2) is 60.7 Å². The molecule has 4 N–H and O–H groups in total. The first-order valence-corrected chi connectivity index (χ1v) is 10.5. The van der Waals surface area contributed by atoms with Crippen LogP contribution in [0.3, 0.4) is 0 Å². The third-order valence-electron chi connectivity index (χ3n) is 5.36. The predicted molar refractivity (Wildman–Crippen MR) is 118 cm³/mol. The molecule has 2 aromatic carbocycles. The SMILES string of the molecule is CC(=O)N[C@@H]1[C@H](O)[C@H](O)[C@H](CO)O[C@@H]1n1nc(-c2ccccc2)n(-c2ccccc2)c1=S. The van der Waals surface area contributed by atoms with Crippen molar-refractivity contribution in [2.75, 3.05) is 6.61 Å². The van der Waals surface area contributed by atoms with Gasteiger partial charge in [0.15, 0.2) is 12.1 Å². The third kappa shape index (κ3) is 4.10. The number of ether oxygens (including phenoxy) is 1. The van der Waals surface area contributed by atoms with E-state index in [1.807, 2.05) is 60.7 Å². The number of rotatable bonds is 5. The van der Waals surface area contributed by atoms with Crippen LogP contribution in [0.1, 0.15) is 13.2 Å². The third-order valence-corrected chi connectivity index (χ3v) is 5.73. The highest BCUT2D eigenvalue weighted by Gasteiger charge is 2.46. The number of benzene rings is 2. The molecule has 0 radical (unpaired) electrons. The summed E-state index contributed by atoms with van der Waals surface area (Å²) < 4.78 is 9.30. The second kappa shape index (κ2) is 9.31. The van der Waals surface area contributed by atoms with E-state index >= 15 is 0 Å². The maximum atomic E-state index is 11.8. The van der Waals surface area contributed by atoms with Gasteiger partial charge in [0.1, 0.15) is 24.4 Å². The summed E-state index contributed by atoms with van der Waals surface area (Å²) in [6, 6.07) is 17.8. The van der Waals surface area contributed by atoms with E-state index in [0.29, 0.717) is 5.82 Å². The minimum absolute atomic E-state index is 0.260. The fraction of sp³-hybridized carbons (Fsp3) is 0.318. The Balaban J connectivity index is 1.89. The van der Waals surface area contributed by atoms with Crippen LogP contribution in [0, 0.1) is 4.77 Å². The van der Waals surface area contributed by atoms with Crippen molar-refractivity contribution >= 4 is 18.1 Å². The predicted octanol–water partition coefficient (Wildman–Crippen LogP) is 1.19. The van der Waals surface area contributed by atoms with Gasteiger partial charge in [0.25, 0.3) is 0 Å². The number of nitrogens with one attached hydrogen (secondary N) is 1. The molecule has 0 bridgehead atoms. The van der Waals surface area contributed by atoms with Crippen LogP contribution >= 0.6 is 12.2 Å². The normalized spacial score (nSPS) is 25.4. The largest absolute Gasteiger partial charge is 0.394 e. The number of aliphatic hydroxyl groups excluding tert-OH is 3. The Kier molecular flexibility index (Phi) is 6.49. The maximum absolute atomic E-state index is 11.8. The zero-order valence-electron chi connectivity index (χ0n) is 17.3. The average Bonchev–Trinajstić information content (AvgIpc) is 3.15. The Morgan fingerprint density at radius 2 is 1.72 bits per heavy atom. The van der Waals surface area contributed by atoms with Crippen molar-refractivity contribution in [1.29, 1.82) is 0 Å². The van der Waals surface area contributed by atoms with Crippen LogP contribution in [-0.4, -0.2) is 66.5 Å². The molecule has 0 saturated carbocycles. The molecule has 1 aromatic heterocycles. The standard InChI is InChI=1S/C22H24N4O5S/c1-13(28)23-17-19(30)18(29)16(12-27)31-21(17)26-22(32)25(15-10-6-3-7-11-15)20(24-26)14-8-4-2-5-9-14/h2-11,16-19,21,27,29-30H,12H2,1H3,(H,23,28)/t16-,17+,18+,19-,21-/m0/s1. The zero-order chi connectivity index (χ0) is 22.8. The number of para-hydroxylation sites is 1. The Morgan fingerprint density at radius 1 is 1.09 bits per heavy atom. The second-order valence-corrected chi connectivity index (χ2v) is 7.91. The van der Waals surface area contributed by atoms with Gasteiger partial charge in [-0.3, -0.25) is 9.36 Å². The van der Waals surface area contributed by atoms with Gasteiger partial charge in [-0.2, -0.15) is 0 Å². The minimum Gasteiger partial charge on any atom is -0.394 e. The molecule has 2 heterocycles. The highest BCUT2D eigenvalue weighted by atomic mass is 32.1. The molecule has 0 spiro atoms. The Hall–Kier alpha value is -2.89. The van der Waals surface area contributed by atoms with Gasteiger partial charge in [-0.1, -0.05) is 48.5 Å². The van der Waals surface area contributed by atoms with E-state index in [1.54, 1.807) is 4.57 Å². The van der Waals surface area contributed by atoms with E-state index in [1.165, 1.54) is 11.6 Å². The lowest BCUT2D eigenvalue weighted by Crippen LogP contribution is -2.62. The first kappa shape index (κ1) is 22.3. The lowest BCUT2D eigenvalue weighted by atomic mass is 9.96. The number of hydrogen-bond acceptors (Lipinski definition) is 7. The maximum Gasteiger partial charge on any atom is 0.217 e. The van der Waals surface area contributed by atoms with Gasteiger partial charge in [0.2, 0.25) is 10.7 Å². The van der Waals surface area contributed by atoms with Gasteiger partial charge in [0, 0.05) is 18.2 Å². The molecule has 4 rings (SSSR count). The number of carbonyl (C=O) groups is 1. The average molecular weight is 457 g/mol. The first-order chi connectivity index (χ1) is 15.4. The highest BCUT2D eigenvalue weighted by molar-refractivity contribution is 7.71. The van der Waals surface area contributed by atoms with Gasteiger partial charge in [0.05, 0.1) is 6.61 Å². The van der Waals surface area contributed by atoms with Crippen molar-refractivity contribution in [2.45, 2.75) is 37.5 Å². The number of amides is 1. The summed E-state index contributed by atoms with van der Waals surface area (Å²) >= 11 is 5.75. The molecule has 32 heavy (non-hydrogen) atoms. The number of hydrogen-bond donors (Lipinski definition) is 4. The smallest absolute Gasteiger partial charge is 0.217 e. The van der Waals surface area contributed by atoms with E-state index in [9.17, 15) is 20.1 Å². The molecule has 168 valence electrons. The summed E-state index contributed by atoms with van der Waals surface area (Å²) in [4.78, 5) is 11.8. The topological polar surface area (TPSA) is 122 Å². The molecule has 1 aliphatic heterocycles. The summed E-state index contributed by atoms with van der Waals surface area (Å²) in [5, 5.41) is 38.0. The van der Waals surface area contributed by atoms with Crippen molar-refractivity contribution in [1.82, 2.24) is 19.7 Å². The molecular formula is C22H24N4O5S. The summed E-state index contributed by atoms with van der Waals surface area (Å²) in [5.41, 5.74) is 1.57. The van der Waals surface area contributed by atoms with Crippen molar-refractivity contribution in [3.8, 4) is 17.1 Å². The van der Waals surface area contributed by atoms with Crippen LogP contribution in [0.25, 0.3) is 17.1 Å². The van der Waals surface area contributed by atoms with Crippen LogP contribution < -0.4 is 5.32 Å². The van der Waals surface area contributed by atoms with Crippen molar-refractivity contribution in [2.24, 2.45) is 0 Å². The quantitative estimate of drug-likeness (QED) is 0.426. The first-order valence-electron chi connectivity index (χ1n) is 10.1. The second-order valence-electron chi connectivity index (χ2n) is 7.54. The lowest BCUT2D eigenvalue weighted by molar-refractivity contribution is -0.219. The van der Waals surface area contributed by atoms with Crippen molar-refractivity contribution < 1.29 is 24.9 Å². The number of aliphatic hydroxyl groups is 3. The minimum atomic E-state index is -1.40. The number of nitrogens with zero attached hydrogens (tertiary/aromatic N) is 3. The van der Waals surface area contributed by atoms with E-state index in [4.69, 9.17) is 22.1 Å². The van der Waals surface area contributed by atoms with Crippen molar-refractivity contribution in [3.63, 3.8) is 0 Å². The number of aromatic nitrogens is 3. The number of carbonyl (C=O) groups excluding carboxylic acids is 1. The van der Waals surface area contributed by atoms with Gasteiger partial charge >= 0.3 is 0 Å². The van der Waals surface area contributed by atoms with E-state index in [-0.39, 0.29) is 4.77 Å². The summed E-state index contributed by atoms with van der Waals surface area (Å²) in [6.07, 6.45) is -4.94. The molecule has 3 aromatic rings.